The molecule has 0 aliphatic rings. The number of nitrogens with zero attached hydrogens (tertiary/aromatic N) is 1. The Kier molecular flexibility index (Phi) is 32.5. The average Bonchev–Trinajstić information content (AvgIpc) is 3.08. The Morgan fingerprint density at radius 3 is 1.85 bits per heavy atom. The summed E-state index contributed by atoms with van der Waals surface area (Å²) in [7, 11) is 1.19. The summed E-state index contributed by atoms with van der Waals surface area (Å²) in [5.41, 5.74) is 0. The first-order chi connectivity index (χ1) is 24.9. The van der Waals surface area contributed by atoms with Gasteiger partial charge in [-0.1, -0.05) is 145 Å². The largest absolute Gasteiger partial charge is 0.756 e. The average molecular weight is 753 g/mol. The lowest BCUT2D eigenvalue weighted by atomic mass is 10.1. The molecule has 52 heavy (non-hydrogen) atoms. The van der Waals surface area contributed by atoms with Crippen molar-refractivity contribution < 1.29 is 38.0 Å². The molecule has 0 saturated heterocycles. The number of allylic oxidation sites excluding steroid dienone is 8. The number of likely N-dealkylation sites (N-methyl/N-ethyl adjacent to an activating group) is 1. The fraction of sp³-hybridized carbons (Fsp3) is 0.738. The first kappa shape index (κ1) is 50.2. The van der Waals surface area contributed by atoms with Crippen molar-refractivity contribution in [1.29, 1.82) is 0 Å². The van der Waals surface area contributed by atoms with Crippen LogP contribution in [0.1, 0.15) is 142 Å². The molecule has 302 valence electrons. The third kappa shape index (κ3) is 35.2. The molecule has 10 heteroatoms. The highest BCUT2D eigenvalue weighted by Crippen LogP contribution is 2.38. The van der Waals surface area contributed by atoms with Crippen molar-refractivity contribution in [3.8, 4) is 0 Å². The predicted molar refractivity (Wildman–Crippen MR) is 216 cm³/mol. The normalized spacial score (nSPS) is 15.8. The van der Waals surface area contributed by atoms with Gasteiger partial charge < -0.3 is 34.0 Å². The van der Waals surface area contributed by atoms with Gasteiger partial charge in [0.15, 0.2) is 0 Å². The zero-order chi connectivity index (χ0) is 38.8. The van der Waals surface area contributed by atoms with Crippen LogP contribution >= 0.6 is 7.82 Å². The molecule has 0 fully saturated rings. The first-order valence-electron chi connectivity index (χ1n) is 20.2. The molecule has 0 aliphatic carbocycles. The van der Waals surface area contributed by atoms with Crippen LogP contribution in [0.2, 0.25) is 0 Å². The lowest BCUT2D eigenvalue weighted by Gasteiger charge is -2.29. The molecule has 0 saturated carbocycles. The van der Waals surface area contributed by atoms with Crippen molar-refractivity contribution in [1.82, 2.24) is 5.32 Å². The molecule has 0 heterocycles. The number of amides is 1. The molecule has 9 nitrogen and oxygen atoms in total. The van der Waals surface area contributed by atoms with E-state index >= 15 is 0 Å². The summed E-state index contributed by atoms with van der Waals surface area (Å²) < 4.78 is 23.1. The first-order valence-corrected chi connectivity index (χ1v) is 21.7. The van der Waals surface area contributed by atoms with Crippen molar-refractivity contribution in [2.45, 2.75) is 161 Å². The standard InChI is InChI=1S/C42H77N2O7P/c1-6-8-10-11-12-13-14-18-21-24-27-30-34-41(46)40(38-51-52(48,49)50-37-36-44(3,4)5)43-42(47)35-31-28-25-22-19-16-15-17-20-23-26-29-33-39(45)32-9-7-2/h15-16,20,22-23,25,29-30,33-34,39-41,45-46H,6-14,17-19,21,24,26-28,31-32,35-38H2,1-5H3,(H-,43,47,48,49)/b16-15-,23-20-,25-22-,33-29-,34-30+/t39-,40+,41-/m1/s1. The SMILES string of the molecule is CCCCCCCCCCCC/C=C/[C@@H](O)[C@H](COP(=O)([O-])OCC[N+](C)(C)C)NC(=O)CCC/C=C\C/C=C\C/C=C\C/C=C\[C@H](O)CCCC. The molecule has 1 amide bonds. The summed E-state index contributed by atoms with van der Waals surface area (Å²) >= 11 is 0. The molecule has 0 spiro atoms. The maximum atomic E-state index is 12.8. The highest BCUT2D eigenvalue weighted by atomic mass is 31.2. The number of aliphatic hydroxyl groups excluding tert-OH is 2. The van der Waals surface area contributed by atoms with Crippen LogP contribution in [0.25, 0.3) is 0 Å². The number of rotatable bonds is 35. The third-order valence-electron chi connectivity index (χ3n) is 8.54. The fourth-order valence-corrected chi connectivity index (χ4v) is 5.94. The molecule has 0 rings (SSSR count). The van der Waals surface area contributed by atoms with Gasteiger partial charge >= 0.3 is 0 Å². The molecular formula is C42H77N2O7P. The summed E-state index contributed by atoms with van der Waals surface area (Å²) in [6.07, 6.45) is 38.9. The minimum Gasteiger partial charge on any atom is -0.756 e. The Bertz CT molecular complexity index is 1050. The summed E-state index contributed by atoms with van der Waals surface area (Å²) in [4.78, 5) is 25.2. The highest BCUT2D eigenvalue weighted by molar-refractivity contribution is 7.45. The van der Waals surface area contributed by atoms with Crippen molar-refractivity contribution in [3.63, 3.8) is 0 Å². The molecule has 3 N–H and O–H groups in total. The lowest BCUT2D eigenvalue weighted by Crippen LogP contribution is -2.45. The third-order valence-corrected chi connectivity index (χ3v) is 9.51. The summed E-state index contributed by atoms with van der Waals surface area (Å²) in [6, 6.07) is -0.927. The van der Waals surface area contributed by atoms with Gasteiger partial charge in [-0.2, -0.15) is 0 Å². The maximum absolute atomic E-state index is 12.8. The van der Waals surface area contributed by atoms with Gasteiger partial charge in [0.05, 0.1) is 46.0 Å². The van der Waals surface area contributed by atoms with Gasteiger partial charge in [0.2, 0.25) is 5.91 Å². The van der Waals surface area contributed by atoms with E-state index in [0.717, 1.165) is 64.2 Å². The minimum atomic E-state index is -4.61. The van der Waals surface area contributed by atoms with Gasteiger partial charge in [-0.3, -0.25) is 9.36 Å². The fourth-order valence-electron chi connectivity index (χ4n) is 5.22. The van der Waals surface area contributed by atoms with Gasteiger partial charge in [0, 0.05) is 6.42 Å². The van der Waals surface area contributed by atoms with Crippen molar-refractivity contribution in [2.24, 2.45) is 0 Å². The molecule has 0 aliphatic heterocycles. The highest BCUT2D eigenvalue weighted by Gasteiger charge is 2.23. The number of phosphoric ester groups is 1. The topological polar surface area (TPSA) is 128 Å². The molecule has 0 aromatic heterocycles. The van der Waals surface area contributed by atoms with E-state index in [9.17, 15) is 24.5 Å². The Labute approximate surface area is 318 Å². The lowest BCUT2D eigenvalue weighted by molar-refractivity contribution is -0.870. The monoisotopic (exact) mass is 753 g/mol. The van der Waals surface area contributed by atoms with Crippen molar-refractivity contribution >= 4 is 13.7 Å². The Balaban J connectivity index is 4.64. The Morgan fingerprint density at radius 2 is 1.25 bits per heavy atom. The minimum absolute atomic E-state index is 0.0213. The van der Waals surface area contributed by atoms with E-state index in [1.54, 1.807) is 6.08 Å². The predicted octanol–water partition coefficient (Wildman–Crippen LogP) is 9.02. The Morgan fingerprint density at radius 1 is 0.712 bits per heavy atom. The number of aliphatic hydroxyl groups is 2. The van der Waals surface area contributed by atoms with Crippen molar-refractivity contribution in [3.05, 3.63) is 60.8 Å². The second kappa shape index (κ2) is 33.7. The van der Waals surface area contributed by atoms with E-state index in [1.807, 2.05) is 39.4 Å². The smallest absolute Gasteiger partial charge is 0.268 e. The van der Waals surface area contributed by atoms with Gasteiger partial charge in [-0.15, -0.1) is 0 Å². The van der Waals surface area contributed by atoms with E-state index in [2.05, 4.69) is 55.6 Å². The summed E-state index contributed by atoms with van der Waals surface area (Å²) in [6.45, 7) is 4.40. The number of hydrogen-bond donors (Lipinski definition) is 3. The molecule has 1 unspecified atom stereocenters. The van der Waals surface area contributed by atoms with Crippen LogP contribution in [0.3, 0.4) is 0 Å². The molecule has 0 radical (unpaired) electrons. The number of nitrogens with one attached hydrogen (secondary N) is 1. The second-order valence-corrected chi connectivity index (χ2v) is 16.2. The van der Waals surface area contributed by atoms with Crippen LogP contribution in [0, 0.1) is 0 Å². The van der Waals surface area contributed by atoms with Crippen molar-refractivity contribution in [2.75, 3.05) is 40.9 Å². The van der Waals surface area contributed by atoms with E-state index in [1.165, 1.54) is 51.4 Å². The molecule has 0 aromatic carbocycles. The van der Waals surface area contributed by atoms with Crippen LogP contribution in [0.4, 0.5) is 0 Å². The number of quaternary nitrogens is 1. The number of unbranched alkanes of at least 4 members (excludes halogenated alkanes) is 12. The molecule has 4 atom stereocenters. The Hall–Kier alpha value is -1.84. The van der Waals surface area contributed by atoms with Crippen LogP contribution in [-0.2, 0) is 18.4 Å². The van der Waals surface area contributed by atoms with E-state index in [0.29, 0.717) is 17.4 Å². The van der Waals surface area contributed by atoms with Gasteiger partial charge in [-0.25, -0.2) is 0 Å². The quantitative estimate of drug-likeness (QED) is 0.0255. The number of carbonyl (C=O) groups is 1. The van der Waals surface area contributed by atoms with Gasteiger partial charge in [-0.05, 0) is 51.4 Å². The maximum Gasteiger partial charge on any atom is 0.268 e. The summed E-state index contributed by atoms with van der Waals surface area (Å²) in [5, 5.41) is 23.5. The van der Waals surface area contributed by atoms with E-state index in [-0.39, 0.29) is 25.0 Å². The molecular weight excluding hydrogens is 675 g/mol. The second-order valence-electron chi connectivity index (χ2n) is 14.8. The van der Waals surface area contributed by atoms with Crippen LogP contribution in [0.15, 0.2) is 60.8 Å². The summed E-state index contributed by atoms with van der Waals surface area (Å²) in [5.74, 6) is -0.271. The van der Waals surface area contributed by atoms with Gasteiger partial charge in [0.1, 0.15) is 13.2 Å². The molecule has 0 aromatic rings. The number of carbonyl (C=O) groups excluding carboxylic acids is 1. The zero-order valence-corrected chi connectivity index (χ0v) is 34.5. The van der Waals surface area contributed by atoms with E-state index in [4.69, 9.17) is 9.05 Å². The van der Waals surface area contributed by atoms with Crippen LogP contribution < -0.4 is 10.2 Å². The number of phosphoric acid groups is 1. The number of hydrogen-bond acceptors (Lipinski definition) is 7. The van der Waals surface area contributed by atoms with Gasteiger partial charge in [0.25, 0.3) is 7.82 Å². The zero-order valence-electron chi connectivity index (χ0n) is 33.6. The molecule has 0 bridgehead atoms. The van der Waals surface area contributed by atoms with Crippen LogP contribution in [0.5, 0.6) is 0 Å². The van der Waals surface area contributed by atoms with Crippen LogP contribution in [-0.4, -0.2) is 79.8 Å². The van der Waals surface area contributed by atoms with E-state index < -0.39 is 26.6 Å².